The minimum absolute atomic E-state index is 0.0620. The molecule has 32 heavy (non-hydrogen) atoms. The number of carbonyl (C=O) groups is 1. The molecule has 0 aromatic heterocycles. The van der Waals surface area contributed by atoms with Gasteiger partial charge in [-0.15, -0.1) is 0 Å². The lowest BCUT2D eigenvalue weighted by Gasteiger charge is -2.35. The Hall–Kier alpha value is -2.86. The highest BCUT2D eigenvalue weighted by Gasteiger charge is 2.26. The fourth-order valence-electron chi connectivity index (χ4n) is 3.94. The molecular weight excluding hydrogens is 400 g/mol. The van der Waals surface area contributed by atoms with E-state index in [0.717, 1.165) is 24.6 Å². The molecule has 1 heterocycles. The molecule has 0 bridgehead atoms. The lowest BCUT2D eigenvalue weighted by Crippen LogP contribution is -2.48. The maximum absolute atomic E-state index is 12.8. The van der Waals surface area contributed by atoms with E-state index < -0.39 is 0 Å². The van der Waals surface area contributed by atoms with Gasteiger partial charge >= 0.3 is 0 Å². The molecule has 1 saturated heterocycles. The van der Waals surface area contributed by atoms with Gasteiger partial charge in [-0.1, -0.05) is 49.4 Å². The van der Waals surface area contributed by atoms with Gasteiger partial charge in [0.15, 0.2) is 5.96 Å². The monoisotopic (exact) mass is 436 g/mol. The van der Waals surface area contributed by atoms with Gasteiger partial charge in [-0.2, -0.15) is 0 Å². The normalized spacial score (nSPS) is 20.0. The molecule has 172 valence electrons. The highest BCUT2D eigenvalue weighted by Crippen LogP contribution is 2.16. The number of hydrogen-bond donors (Lipinski definition) is 2. The number of hydrogen-bond acceptors (Lipinski definition) is 3. The van der Waals surface area contributed by atoms with E-state index in [9.17, 15) is 4.79 Å². The van der Waals surface area contributed by atoms with Gasteiger partial charge < -0.3 is 20.3 Å². The van der Waals surface area contributed by atoms with Gasteiger partial charge in [-0.05, 0) is 49.9 Å². The number of amides is 1. The lowest BCUT2D eigenvalue weighted by atomic mass is 10.0. The van der Waals surface area contributed by atoms with Gasteiger partial charge in [0.05, 0.1) is 18.8 Å². The number of ether oxygens (including phenoxy) is 1. The Morgan fingerprint density at radius 3 is 2.34 bits per heavy atom. The van der Waals surface area contributed by atoms with Crippen molar-refractivity contribution in [1.29, 1.82) is 0 Å². The van der Waals surface area contributed by atoms with E-state index in [0.29, 0.717) is 31.1 Å². The lowest BCUT2D eigenvalue weighted by molar-refractivity contribution is -0.0586. The number of rotatable bonds is 7. The summed E-state index contributed by atoms with van der Waals surface area (Å²) >= 11 is 0. The first-order valence-electron chi connectivity index (χ1n) is 11.6. The molecule has 1 amide bonds. The molecule has 2 N–H and O–H groups in total. The first-order chi connectivity index (χ1) is 15.5. The summed E-state index contributed by atoms with van der Waals surface area (Å²) in [5.41, 5.74) is 3.08. The number of guanidine groups is 1. The molecule has 3 unspecified atom stereocenters. The van der Waals surface area contributed by atoms with Gasteiger partial charge in [-0.25, -0.2) is 4.99 Å². The quantitative estimate of drug-likeness (QED) is 0.512. The first kappa shape index (κ1) is 23.8. The maximum atomic E-state index is 12.8. The number of benzene rings is 2. The van der Waals surface area contributed by atoms with Gasteiger partial charge in [-0.3, -0.25) is 4.79 Å². The molecule has 6 heteroatoms. The third-order valence-corrected chi connectivity index (χ3v) is 5.62. The molecule has 1 fully saturated rings. The molecule has 1 aliphatic rings. The van der Waals surface area contributed by atoms with Crippen molar-refractivity contribution in [1.82, 2.24) is 15.5 Å². The third kappa shape index (κ3) is 6.82. The maximum Gasteiger partial charge on any atom is 0.254 e. The fraction of sp³-hybridized carbons (Fsp3) is 0.462. The zero-order valence-electron chi connectivity index (χ0n) is 19.7. The molecule has 3 atom stereocenters. The Labute approximate surface area is 192 Å². The smallest absolute Gasteiger partial charge is 0.254 e. The molecular formula is C26H36N4O2. The average Bonchev–Trinajstić information content (AvgIpc) is 2.80. The largest absolute Gasteiger partial charge is 0.372 e. The van der Waals surface area contributed by atoms with Gasteiger partial charge in [0.1, 0.15) is 0 Å². The van der Waals surface area contributed by atoms with Crippen LogP contribution in [0.5, 0.6) is 0 Å². The highest BCUT2D eigenvalue weighted by atomic mass is 16.5. The molecule has 0 saturated carbocycles. The van der Waals surface area contributed by atoms with Crippen LogP contribution in [0.25, 0.3) is 0 Å². The Balaban J connectivity index is 1.57. The minimum atomic E-state index is 0.0620. The van der Waals surface area contributed by atoms with Crippen LogP contribution in [0.4, 0.5) is 0 Å². The number of nitrogens with zero attached hydrogens (tertiary/aromatic N) is 2. The molecule has 6 nitrogen and oxygen atoms in total. The van der Waals surface area contributed by atoms with Gasteiger partial charge in [0, 0.05) is 31.7 Å². The molecule has 0 aliphatic carbocycles. The Morgan fingerprint density at radius 2 is 1.72 bits per heavy atom. The Bertz CT molecular complexity index is 872. The summed E-state index contributed by atoms with van der Waals surface area (Å²) in [4.78, 5) is 19.4. The average molecular weight is 437 g/mol. The van der Waals surface area contributed by atoms with Crippen molar-refractivity contribution in [3.05, 3.63) is 71.3 Å². The summed E-state index contributed by atoms with van der Waals surface area (Å²) in [7, 11) is 0. The summed E-state index contributed by atoms with van der Waals surface area (Å²) in [6, 6.07) is 18.2. The van der Waals surface area contributed by atoms with E-state index in [1.807, 2.05) is 49.1 Å². The third-order valence-electron chi connectivity index (χ3n) is 5.62. The standard InChI is InChI=1S/C26H36N4O2/c1-5-27-26(28-15-19(2)23-9-7-6-8-10-23)29-16-22-11-13-24(14-12-22)25(31)30-17-20(3)32-21(4)18-30/h6-14,19-21H,5,15-18H2,1-4H3,(H2,27,28,29). The summed E-state index contributed by atoms with van der Waals surface area (Å²) in [5.74, 6) is 1.25. The first-order valence-corrected chi connectivity index (χ1v) is 11.6. The molecule has 3 rings (SSSR count). The van der Waals surface area contributed by atoms with E-state index in [1.54, 1.807) is 0 Å². The summed E-state index contributed by atoms with van der Waals surface area (Å²) in [6.07, 6.45) is 0.135. The Kier molecular flexibility index (Phi) is 8.68. The summed E-state index contributed by atoms with van der Waals surface area (Å²) in [5, 5.41) is 6.74. The predicted octanol–water partition coefficient (Wildman–Crippen LogP) is 3.79. The van der Waals surface area contributed by atoms with Gasteiger partial charge in [0.25, 0.3) is 5.91 Å². The van der Waals surface area contributed by atoms with E-state index >= 15 is 0 Å². The predicted molar refractivity (Wildman–Crippen MR) is 130 cm³/mol. The minimum Gasteiger partial charge on any atom is -0.372 e. The summed E-state index contributed by atoms with van der Waals surface area (Å²) in [6.45, 7) is 11.7. The van der Waals surface area contributed by atoms with E-state index in [1.165, 1.54) is 5.56 Å². The SMILES string of the molecule is CCNC(=NCc1ccc(C(=O)N2CC(C)OC(C)C2)cc1)NCC(C)c1ccccc1. The molecule has 2 aromatic carbocycles. The van der Waals surface area contributed by atoms with Gasteiger partial charge in [0.2, 0.25) is 0 Å². The van der Waals surface area contributed by atoms with Crippen LogP contribution in [-0.4, -0.2) is 55.2 Å². The van der Waals surface area contributed by atoms with Crippen molar-refractivity contribution in [3.63, 3.8) is 0 Å². The van der Waals surface area contributed by atoms with Crippen LogP contribution < -0.4 is 10.6 Å². The molecule has 0 radical (unpaired) electrons. The van der Waals surface area contributed by atoms with Crippen molar-refractivity contribution in [2.75, 3.05) is 26.2 Å². The zero-order chi connectivity index (χ0) is 22.9. The van der Waals surface area contributed by atoms with Crippen molar-refractivity contribution in [2.45, 2.75) is 52.4 Å². The molecule has 0 spiro atoms. The van der Waals surface area contributed by atoms with Crippen molar-refractivity contribution < 1.29 is 9.53 Å². The van der Waals surface area contributed by atoms with Crippen LogP contribution in [0.3, 0.4) is 0 Å². The molecule has 2 aromatic rings. The fourth-order valence-corrected chi connectivity index (χ4v) is 3.94. The highest BCUT2D eigenvalue weighted by molar-refractivity contribution is 5.94. The number of nitrogens with one attached hydrogen (secondary N) is 2. The van der Waals surface area contributed by atoms with Crippen molar-refractivity contribution in [2.24, 2.45) is 4.99 Å². The van der Waals surface area contributed by atoms with Crippen LogP contribution >= 0.6 is 0 Å². The second-order valence-corrected chi connectivity index (χ2v) is 8.55. The number of morpholine rings is 1. The van der Waals surface area contributed by atoms with Crippen LogP contribution in [0.15, 0.2) is 59.6 Å². The second-order valence-electron chi connectivity index (χ2n) is 8.55. The van der Waals surface area contributed by atoms with Crippen LogP contribution in [0.1, 0.15) is 55.1 Å². The zero-order valence-corrected chi connectivity index (χ0v) is 19.7. The van der Waals surface area contributed by atoms with Crippen LogP contribution in [-0.2, 0) is 11.3 Å². The van der Waals surface area contributed by atoms with E-state index in [-0.39, 0.29) is 18.1 Å². The van der Waals surface area contributed by atoms with E-state index in [4.69, 9.17) is 9.73 Å². The van der Waals surface area contributed by atoms with Crippen LogP contribution in [0.2, 0.25) is 0 Å². The summed E-state index contributed by atoms with van der Waals surface area (Å²) < 4.78 is 5.73. The number of carbonyl (C=O) groups excluding carboxylic acids is 1. The van der Waals surface area contributed by atoms with Crippen molar-refractivity contribution >= 4 is 11.9 Å². The second kappa shape index (κ2) is 11.7. The van der Waals surface area contributed by atoms with Crippen molar-refractivity contribution in [3.8, 4) is 0 Å². The van der Waals surface area contributed by atoms with E-state index in [2.05, 4.69) is 48.7 Å². The van der Waals surface area contributed by atoms with Crippen LogP contribution in [0, 0.1) is 0 Å². The number of aliphatic imine (C=N–C) groups is 1. The molecule has 1 aliphatic heterocycles. The Morgan fingerprint density at radius 1 is 1.06 bits per heavy atom. The topological polar surface area (TPSA) is 66.0 Å².